The summed E-state index contributed by atoms with van der Waals surface area (Å²) < 4.78 is 0. The van der Waals surface area contributed by atoms with Gasteiger partial charge in [0.1, 0.15) is 0 Å². The third-order valence-corrected chi connectivity index (χ3v) is 1.66. The van der Waals surface area contributed by atoms with Gasteiger partial charge in [0.25, 0.3) is 0 Å². The van der Waals surface area contributed by atoms with E-state index in [2.05, 4.69) is 15.3 Å². The molecule has 0 saturated heterocycles. The number of rotatable bonds is 0. The molecule has 0 saturated carbocycles. The van der Waals surface area contributed by atoms with Crippen LogP contribution in [-0.2, 0) is 6.54 Å². The number of H-pyrrole nitrogens is 1. The molecule has 0 fully saturated rings. The zero-order chi connectivity index (χ0) is 6.97. The molecular formula is C6H6ClN3. The van der Waals surface area contributed by atoms with Crippen molar-refractivity contribution in [1.29, 1.82) is 0 Å². The van der Waals surface area contributed by atoms with Crippen molar-refractivity contribution >= 4 is 22.6 Å². The Morgan fingerprint density at radius 1 is 1.60 bits per heavy atom. The number of amidine groups is 1. The summed E-state index contributed by atoms with van der Waals surface area (Å²) in [6, 6.07) is 1.94. The van der Waals surface area contributed by atoms with Crippen molar-refractivity contribution in [2.24, 2.45) is 4.99 Å². The summed E-state index contributed by atoms with van der Waals surface area (Å²) in [6.45, 7) is 0.647. The quantitative estimate of drug-likeness (QED) is 0.548. The molecule has 2 heterocycles. The van der Waals surface area contributed by atoms with E-state index in [1.165, 1.54) is 0 Å². The first kappa shape index (κ1) is 5.80. The van der Waals surface area contributed by atoms with Gasteiger partial charge in [0.2, 0.25) is 0 Å². The molecule has 10 heavy (non-hydrogen) atoms. The summed E-state index contributed by atoms with van der Waals surface area (Å²) in [6.07, 6.45) is 1.86. The number of aromatic amines is 1. The normalized spacial score (nSPS) is 15.5. The number of anilines is 1. The van der Waals surface area contributed by atoms with Crippen molar-refractivity contribution in [3.05, 3.63) is 18.0 Å². The Morgan fingerprint density at radius 2 is 2.50 bits per heavy atom. The topological polar surface area (TPSA) is 40.2 Å². The molecule has 1 aromatic heterocycles. The molecule has 2 N–H and O–H groups in total. The Bertz CT molecular complexity index is 276. The highest BCUT2D eigenvalue weighted by Gasteiger charge is 2.08. The van der Waals surface area contributed by atoms with E-state index in [0.717, 1.165) is 11.4 Å². The summed E-state index contributed by atoms with van der Waals surface area (Å²) in [5, 5.41) is 3.39. The van der Waals surface area contributed by atoms with Gasteiger partial charge in [-0.25, -0.2) is 0 Å². The van der Waals surface area contributed by atoms with Gasteiger partial charge in [-0.15, -0.1) is 0 Å². The van der Waals surface area contributed by atoms with Crippen LogP contribution in [0.25, 0.3) is 0 Å². The minimum absolute atomic E-state index is 0.465. The SMILES string of the molecule is ClC1=NCc2[nH]ccc2N1. The Kier molecular flexibility index (Phi) is 1.17. The number of fused-ring (bicyclic) bond motifs is 1. The van der Waals surface area contributed by atoms with Gasteiger partial charge in [-0.2, -0.15) is 0 Å². The zero-order valence-electron chi connectivity index (χ0n) is 5.19. The van der Waals surface area contributed by atoms with Crippen LogP contribution in [0.5, 0.6) is 0 Å². The van der Waals surface area contributed by atoms with Crippen LogP contribution in [0.3, 0.4) is 0 Å². The van der Waals surface area contributed by atoms with Gasteiger partial charge in [-0.1, -0.05) is 0 Å². The highest BCUT2D eigenvalue weighted by Crippen LogP contribution is 2.18. The van der Waals surface area contributed by atoms with Crippen LogP contribution in [0.1, 0.15) is 5.69 Å². The van der Waals surface area contributed by atoms with Gasteiger partial charge in [0, 0.05) is 6.20 Å². The third-order valence-electron chi connectivity index (χ3n) is 1.45. The van der Waals surface area contributed by atoms with Gasteiger partial charge >= 0.3 is 0 Å². The lowest BCUT2D eigenvalue weighted by molar-refractivity contribution is 1.00. The molecule has 3 nitrogen and oxygen atoms in total. The maximum atomic E-state index is 5.63. The molecular weight excluding hydrogens is 150 g/mol. The molecule has 0 amide bonds. The summed E-state index contributed by atoms with van der Waals surface area (Å²) in [7, 11) is 0. The lowest BCUT2D eigenvalue weighted by Crippen LogP contribution is -2.10. The van der Waals surface area contributed by atoms with E-state index in [1.807, 2.05) is 12.3 Å². The summed E-state index contributed by atoms with van der Waals surface area (Å²) in [5.41, 5.74) is 2.12. The van der Waals surface area contributed by atoms with Crippen molar-refractivity contribution < 1.29 is 0 Å². The fourth-order valence-electron chi connectivity index (χ4n) is 0.951. The van der Waals surface area contributed by atoms with Gasteiger partial charge < -0.3 is 10.3 Å². The molecule has 52 valence electrons. The Morgan fingerprint density at radius 3 is 3.40 bits per heavy atom. The molecule has 0 aromatic carbocycles. The number of nitrogens with zero attached hydrogens (tertiary/aromatic N) is 1. The van der Waals surface area contributed by atoms with E-state index in [-0.39, 0.29) is 0 Å². The highest BCUT2D eigenvalue weighted by atomic mass is 35.5. The second-order valence-corrected chi connectivity index (χ2v) is 2.46. The van der Waals surface area contributed by atoms with Crippen molar-refractivity contribution in [3.63, 3.8) is 0 Å². The van der Waals surface area contributed by atoms with Crippen LogP contribution in [-0.4, -0.2) is 10.3 Å². The molecule has 0 radical (unpaired) electrons. The fourth-order valence-corrected chi connectivity index (χ4v) is 1.11. The summed E-state index contributed by atoms with van der Waals surface area (Å²) in [5.74, 6) is 0. The summed E-state index contributed by atoms with van der Waals surface area (Å²) in [4.78, 5) is 7.03. The number of aromatic nitrogens is 1. The largest absolute Gasteiger partial charge is 0.362 e. The van der Waals surface area contributed by atoms with E-state index < -0.39 is 0 Å². The van der Waals surface area contributed by atoms with Crippen molar-refractivity contribution in [1.82, 2.24) is 4.98 Å². The molecule has 0 unspecified atom stereocenters. The van der Waals surface area contributed by atoms with Crippen LogP contribution < -0.4 is 5.32 Å². The van der Waals surface area contributed by atoms with Gasteiger partial charge in [-0.3, -0.25) is 4.99 Å². The van der Waals surface area contributed by atoms with Crippen LogP contribution in [0.15, 0.2) is 17.3 Å². The number of nitrogens with one attached hydrogen (secondary N) is 2. The van der Waals surface area contributed by atoms with Crippen molar-refractivity contribution in [3.8, 4) is 0 Å². The Balaban J connectivity index is 2.39. The lowest BCUT2D eigenvalue weighted by atomic mass is 10.3. The number of halogens is 1. The van der Waals surface area contributed by atoms with Gasteiger partial charge in [0.05, 0.1) is 17.9 Å². The maximum absolute atomic E-state index is 5.63. The fraction of sp³-hybridized carbons (Fsp3) is 0.167. The standard InChI is InChI=1S/C6H6ClN3/c7-6-9-3-5-4(10-6)1-2-8-5/h1-2,8H,3H2,(H,9,10). The third kappa shape index (κ3) is 0.789. The second-order valence-electron chi connectivity index (χ2n) is 2.10. The predicted molar refractivity (Wildman–Crippen MR) is 41.4 cm³/mol. The molecule has 1 aliphatic heterocycles. The predicted octanol–water partition coefficient (Wildman–Crippen LogP) is 1.53. The number of aliphatic imine (C=N–C) groups is 1. The average Bonchev–Trinajstić information content (AvgIpc) is 2.33. The molecule has 0 spiro atoms. The lowest BCUT2D eigenvalue weighted by Gasteiger charge is -2.08. The molecule has 0 bridgehead atoms. The number of hydrogen-bond acceptors (Lipinski definition) is 2. The Labute approximate surface area is 63.1 Å². The first-order chi connectivity index (χ1) is 4.86. The van der Waals surface area contributed by atoms with E-state index in [9.17, 15) is 0 Å². The Hall–Kier alpha value is -0.960. The number of hydrogen-bond donors (Lipinski definition) is 2. The average molecular weight is 156 g/mol. The zero-order valence-corrected chi connectivity index (χ0v) is 5.94. The molecule has 0 aliphatic carbocycles. The van der Waals surface area contributed by atoms with Gasteiger partial charge in [0.15, 0.2) is 5.29 Å². The minimum atomic E-state index is 0.465. The smallest absolute Gasteiger partial charge is 0.196 e. The molecule has 1 aliphatic rings. The van der Waals surface area contributed by atoms with Crippen LogP contribution in [0, 0.1) is 0 Å². The minimum Gasteiger partial charge on any atom is -0.362 e. The van der Waals surface area contributed by atoms with Crippen molar-refractivity contribution in [2.45, 2.75) is 6.54 Å². The van der Waals surface area contributed by atoms with E-state index in [1.54, 1.807) is 0 Å². The van der Waals surface area contributed by atoms with Crippen LogP contribution in [0.2, 0.25) is 0 Å². The maximum Gasteiger partial charge on any atom is 0.196 e. The first-order valence-electron chi connectivity index (χ1n) is 2.99. The van der Waals surface area contributed by atoms with Crippen LogP contribution in [0.4, 0.5) is 5.69 Å². The molecule has 4 heteroatoms. The monoisotopic (exact) mass is 155 g/mol. The summed E-state index contributed by atoms with van der Waals surface area (Å²) >= 11 is 5.63. The van der Waals surface area contributed by atoms with Gasteiger partial charge in [-0.05, 0) is 17.7 Å². The van der Waals surface area contributed by atoms with Crippen molar-refractivity contribution in [2.75, 3.05) is 5.32 Å². The highest BCUT2D eigenvalue weighted by molar-refractivity contribution is 6.67. The first-order valence-corrected chi connectivity index (χ1v) is 3.37. The molecule has 2 rings (SSSR count). The molecule has 1 aromatic rings. The second kappa shape index (κ2) is 2.02. The van der Waals surface area contributed by atoms with E-state index in [4.69, 9.17) is 11.6 Å². The molecule has 0 atom stereocenters. The van der Waals surface area contributed by atoms with E-state index >= 15 is 0 Å². The van der Waals surface area contributed by atoms with Crippen LogP contribution >= 0.6 is 11.6 Å². The van der Waals surface area contributed by atoms with E-state index in [0.29, 0.717) is 11.8 Å².